The predicted molar refractivity (Wildman–Crippen MR) is 69.7 cm³/mol. The maximum atomic E-state index is 11.4. The van der Waals surface area contributed by atoms with E-state index in [1.54, 1.807) is 10.9 Å². The van der Waals surface area contributed by atoms with Gasteiger partial charge < -0.3 is 15.7 Å². The number of amides is 2. The lowest BCUT2D eigenvalue weighted by Gasteiger charge is -2.07. The Morgan fingerprint density at radius 1 is 1.16 bits per heavy atom. The standard InChI is InChI=1S/C12H20N4O3/c17-11(18)5-2-1-3-6-13-12(19)14-8-10-16-9-4-7-15-16/h4,7,9H,1-3,5-6,8,10H2,(H,17,18)(H2,13,14,19). The number of rotatable bonds is 9. The molecule has 0 aromatic carbocycles. The molecule has 0 atom stereocenters. The number of nitrogens with one attached hydrogen (secondary N) is 2. The van der Waals surface area contributed by atoms with Gasteiger partial charge >= 0.3 is 12.0 Å². The number of nitrogens with zero attached hydrogens (tertiary/aromatic N) is 2. The predicted octanol–water partition coefficient (Wildman–Crippen LogP) is 0.827. The largest absolute Gasteiger partial charge is 0.481 e. The van der Waals surface area contributed by atoms with Crippen LogP contribution in [0.4, 0.5) is 4.79 Å². The van der Waals surface area contributed by atoms with Gasteiger partial charge in [0.15, 0.2) is 0 Å². The summed E-state index contributed by atoms with van der Waals surface area (Å²) >= 11 is 0. The lowest BCUT2D eigenvalue weighted by molar-refractivity contribution is -0.137. The summed E-state index contributed by atoms with van der Waals surface area (Å²) in [6, 6.07) is 1.63. The number of hydrogen-bond donors (Lipinski definition) is 3. The van der Waals surface area contributed by atoms with E-state index in [2.05, 4.69) is 15.7 Å². The first kappa shape index (κ1) is 15.0. The molecule has 1 rings (SSSR count). The molecule has 0 spiro atoms. The molecule has 3 N–H and O–H groups in total. The molecule has 1 aromatic rings. The first-order valence-electron chi connectivity index (χ1n) is 6.39. The number of aromatic nitrogens is 2. The second kappa shape index (κ2) is 8.96. The van der Waals surface area contributed by atoms with Crippen molar-refractivity contribution < 1.29 is 14.7 Å². The first-order chi connectivity index (χ1) is 9.18. The van der Waals surface area contributed by atoms with Crippen LogP contribution in [-0.2, 0) is 11.3 Å². The van der Waals surface area contributed by atoms with Gasteiger partial charge in [-0.05, 0) is 18.9 Å². The van der Waals surface area contributed by atoms with E-state index in [1.165, 1.54) is 0 Å². The number of aliphatic carboxylic acids is 1. The minimum atomic E-state index is -0.774. The van der Waals surface area contributed by atoms with Crippen LogP contribution >= 0.6 is 0 Å². The van der Waals surface area contributed by atoms with E-state index in [4.69, 9.17) is 5.11 Å². The van der Waals surface area contributed by atoms with Crippen LogP contribution in [-0.4, -0.2) is 40.0 Å². The summed E-state index contributed by atoms with van der Waals surface area (Å²) in [5.41, 5.74) is 0. The molecule has 7 nitrogen and oxygen atoms in total. The van der Waals surface area contributed by atoms with Gasteiger partial charge in [0.25, 0.3) is 0 Å². The molecular weight excluding hydrogens is 248 g/mol. The fourth-order valence-electron chi connectivity index (χ4n) is 1.56. The maximum absolute atomic E-state index is 11.4. The topological polar surface area (TPSA) is 96.3 Å². The second-order valence-corrected chi connectivity index (χ2v) is 4.16. The van der Waals surface area contributed by atoms with Crippen LogP contribution < -0.4 is 10.6 Å². The van der Waals surface area contributed by atoms with Crippen molar-refractivity contribution >= 4 is 12.0 Å². The molecule has 7 heteroatoms. The molecule has 0 bridgehead atoms. The zero-order chi connectivity index (χ0) is 13.9. The highest BCUT2D eigenvalue weighted by molar-refractivity contribution is 5.73. The molecule has 2 amide bonds. The molecule has 106 valence electrons. The highest BCUT2D eigenvalue weighted by Crippen LogP contribution is 1.98. The van der Waals surface area contributed by atoms with Gasteiger partial charge in [0.05, 0.1) is 6.54 Å². The molecule has 0 saturated heterocycles. The van der Waals surface area contributed by atoms with Crippen LogP contribution in [0.3, 0.4) is 0 Å². The van der Waals surface area contributed by atoms with Gasteiger partial charge in [-0.25, -0.2) is 4.79 Å². The van der Waals surface area contributed by atoms with Crippen molar-refractivity contribution in [3.05, 3.63) is 18.5 Å². The smallest absolute Gasteiger partial charge is 0.314 e. The molecule has 0 aliphatic heterocycles. The van der Waals surface area contributed by atoms with Crippen LogP contribution in [0, 0.1) is 0 Å². The number of hydrogen-bond acceptors (Lipinski definition) is 3. The Labute approximate surface area is 112 Å². The average molecular weight is 268 g/mol. The third-order valence-corrected chi connectivity index (χ3v) is 2.54. The summed E-state index contributed by atoms with van der Waals surface area (Å²) < 4.78 is 1.74. The summed E-state index contributed by atoms with van der Waals surface area (Å²) in [7, 11) is 0. The van der Waals surface area contributed by atoms with Gasteiger partial charge in [0, 0.05) is 31.9 Å². The minimum absolute atomic E-state index is 0.191. The van der Waals surface area contributed by atoms with Gasteiger partial charge in [0.1, 0.15) is 0 Å². The van der Waals surface area contributed by atoms with Gasteiger partial charge in [-0.15, -0.1) is 0 Å². The highest BCUT2D eigenvalue weighted by Gasteiger charge is 2.00. The number of unbranched alkanes of at least 4 members (excludes halogenated alkanes) is 2. The third-order valence-electron chi connectivity index (χ3n) is 2.54. The Morgan fingerprint density at radius 3 is 2.63 bits per heavy atom. The average Bonchev–Trinajstić information content (AvgIpc) is 2.86. The van der Waals surface area contributed by atoms with Crippen molar-refractivity contribution in [3.63, 3.8) is 0 Å². The summed E-state index contributed by atoms with van der Waals surface area (Å²) in [5, 5.41) is 17.9. The van der Waals surface area contributed by atoms with Crippen molar-refractivity contribution in [2.45, 2.75) is 32.2 Å². The van der Waals surface area contributed by atoms with E-state index < -0.39 is 5.97 Å². The fraction of sp³-hybridized carbons (Fsp3) is 0.583. The zero-order valence-electron chi connectivity index (χ0n) is 10.8. The monoisotopic (exact) mass is 268 g/mol. The molecular formula is C12H20N4O3. The van der Waals surface area contributed by atoms with Crippen molar-refractivity contribution in [1.29, 1.82) is 0 Å². The Bertz CT molecular complexity index is 378. The molecule has 19 heavy (non-hydrogen) atoms. The van der Waals surface area contributed by atoms with Crippen molar-refractivity contribution in [1.82, 2.24) is 20.4 Å². The van der Waals surface area contributed by atoms with Crippen molar-refractivity contribution in [2.75, 3.05) is 13.1 Å². The van der Waals surface area contributed by atoms with Crippen LogP contribution in [0.5, 0.6) is 0 Å². The van der Waals surface area contributed by atoms with E-state index in [9.17, 15) is 9.59 Å². The molecule has 0 aliphatic rings. The number of urea groups is 1. The fourth-order valence-corrected chi connectivity index (χ4v) is 1.56. The Morgan fingerprint density at radius 2 is 1.95 bits per heavy atom. The zero-order valence-corrected chi connectivity index (χ0v) is 10.8. The summed E-state index contributed by atoms with van der Waals surface area (Å²) in [6.45, 7) is 1.72. The number of carbonyl (C=O) groups is 2. The lowest BCUT2D eigenvalue weighted by atomic mass is 10.2. The van der Waals surface area contributed by atoms with Crippen molar-refractivity contribution in [2.24, 2.45) is 0 Å². The maximum Gasteiger partial charge on any atom is 0.314 e. The second-order valence-electron chi connectivity index (χ2n) is 4.16. The van der Waals surface area contributed by atoms with Crippen LogP contribution in [0.2, 0.25) is 0 Å². The Hall–Kier alpha value is -2.05. The van der Waals surface area contributed by atoms with Crippen LogP contribution in [0.25, 0.3) is 0 Å². The van der Waals surface area contributed by atoms with E-state index in [-0.39, 0.29) is 12.5 Å². The Kier molecular flexibility index (Phi) is 7.08. The molecule has 1 heterocycles. The summed E-state index contributed by atoms with van der Waals surface area (Å²) in [6.07, 6.45) is 5.97. The molecule has 0 unspecified atom stereocenters. The lowest BCUT2D eigenvalue weighted by Crippen LogP contribution is -2.37. The van der Waals surface area contributed by atoms with Crippen molar-refractivity contribution in [3.8, 4) is 0 Å². The van der Waals surface area contributed by atoms with E-state index in [1.807, 2.05) is 12.3 Å². The number of carboxylic acid groups (broad SMARTS) is 1. The van der Waals surface area contributed by atoms with Gasteiger partial charge in [-0.3, -0.25) is 9.48 Å². The third kappa shape index (κ3) is 7.80. The van der Waals surface area contributed by atoms with E-state index >= 15 is 0 Å². The van der Waals surface area contributed by atoms with E-state index in [0.29, 0.717) is 26.1 Å². The highest BCUT2D eigenvalue weighted by atomic mass is 16.4. The van der Waals surface area contributed by atoms with Gasteiger partial charge in [-0.1, -0.05) is 6.42 Å². The first-order valence-corrected chi connectivity index (χ1v) is 6.39. The van der Waals surface area contributed by atoms with E-state index in [0.717, 1.165) is 12.8 Å². The minimum Gasteiger partial charge on any atom is -0.481 e. The SMILES string of the molecule is O=C(O)CCCCCNC(=O)NCCn1cccn1. The Balaban J connectivity index is 1.92. The summed E-state index contributed by atoms with van der Waals surface area (Å²) in [4.78, 5) is 21.6. The number of carbonyl (C=O) groups excluding carboxylic acids is 1. The molecule has 0 fully saturated rings. The summed E-state index contributed by atoms with van der Waals surface area (Å²) in [5.74, 6) is -0.774. The molecule has 1 aromatic heterocycles. The van der Waals surface area contributed by atoms with Crippen LogP contribution in [0.15, 0.2) is 18.5 Å². The van der Waals surface area contributed by atoms with Gasteiger partial charge in [0.2, 0.25) is 0 Å². The molecule has 0 radical (unpaired) electrons. The van der Waals surface area contributed by atoms with Crippen LogP contribution in [0.1, 0.15) is 25.7 Å². The normalized spacial score (nSPS) is 10.1. The molecule has 0 saturated carbocycles. The van der Waals surface area contributed by atoms with Gasteiger partial charge in [-0.2, -0.15) is 5.10 Å². The molecule has 0 aliphatic carbocycles. The quantitative estimate of drug-likeness (QED) is 0.578. The number of carboxylic acids is 1.